The van der Waals surface area contributed by atoms with Crippen LogP contribution in [0.2, 0.25) is 0 Å². The molecule has 1 atom stereocenters. The van der Waals surface area contributed by atoms with Crippen LogP contribution in [0.15, 0.2) is 6.07 Å². The van der Waals surface area contributed by atoms with Crippen LogP contribution in [0.1, 0.15) is 48.3 Å². The van der Waals surface area contributed by atoms with Crippen molar-refractivity contribution in [2.24, 2.45) is 5.92 Å². The lowest BCUT2D eigenvalue weighted by molar-refractivity contribution is -0.114. The summed E-state index contributed by atoms with van der Waals surface area (Å²) in [5, 5.41) is 3.10. The minimum absolute atomic E-state index is 0.0365. The third-order valence-electron chi connectivity index (χ3n) is 5.31. The molecular formula is C19H23N5O4S2. The molecule has 2 aromatic rings. The molecule has 1 aliphatic carbocycles. The second-order valence-corrected chi connectivity index (χ2v) is 10.6. The van der Waals surface area contributed by atoms with E-state index in [9.17, 15) is 18.0 Å². The normalized spacial score (nSPS) is 17.1. The van der Waals surface area contributed by atoms with Crippen molar-refractivity contribution < 1.29 is 18.0 Å². The van der Waals surface area contributed by atoms with Gasteiger partial charge in [-0.2, -0.15) is 0 Å². The van der Waals surface area contributed by atoms with E-state index < -0.39 is 10.0 Å². The minimum atomic E-state index is -3.64. The Balaban J connectivity index is 1.79. The lowest BCUT2D eigenvalue weighted by atomic mass is 10.1. The van der Waals surface area contributed by atoms with Crippen LogP contribution in [0, 0.1) is 12.8 Å². The van der Waals surface area contributed by atoms with Gasteiger partial charge in [0.15, 0.2) is 10.9 Å². The van der Waals surface area contributed by atoms with E-state index in [1.54, 1.807) is 11.8 Å². The standard InChI is InChI=1S/C19H23N5O4S2/c1-9-16(29-19(20-9)21-11(3)25)14-7-13-8-24(10(2)12-5-6-12)18(26)15(13)17(22-14)23-30(4,27)28/h7,10,12H,5-6,8H2,1-4H3,(H,22,23)(H,20,21,25)/t10-/m1/s1. The molecule has 0 radical (unpaired) electrons. The van der Waals surface area contributed by atoms with Gasteiger partial charge in [-0.3, -0.25) is 14.3 Å². The van der Waals surface area contributed by atoms with Gasteiger partial charge >= 0.3 is 0 Å². The Morgan fingerprint density at radius 2 is 2.03 bits per heavy atom. The number of rotatable bonds is 6. The maximum atomic E-state index is 13.1. The van der Waals surface area contributed by atoms with Crippen molar-refractivity contribution in [2.45, 2.75) is 46.2 Å². The molecule has 2 amide bonds. The number of pyridine rings is 1. The lowest BCUT2D eigenvalue weighted by Gasteiger charge is -2.24. The van der Waals surface area contributed by atoms with E-state index >= 15 is 0 Å². The number of hydrogen-bond acceptors (Lipinski definition) is 7. The molecule has 160 valence electrons. The van der Waals surface area contributed by atoms with Crippen LogP contribution in [-0.2, 0) is 21.4 Å². The van der Waals surface area contributed by atoms with Crippen molar-refractivity contribution in [3.63, 3.8) is 0 Å². The molecule has 9 nitrogen and oxygen atoms in total. The summed E-state index contributed by atoms with van der Waals surface area (Å²) >= 11 is 1.25. The minimum Gasteiger partial charge on any atom is -0.331 e. The average Bonchev–Trinajstić information content (AvgIpc) is 3.33. The van der Waals surface area contributed by atoms with Gasteiger partial charge < -0.3 is 10.2 Å². The molecule has 0 saturated heterocycles. The highest BCUT2D eigenvalue weighted by Gasteiger charge is 2.40. The number of sulfonamides is 1. The van der Waals surface area contributed by atoms with Gasteiger partial charge in [0, 0.05) is 19.5 Å². The number of nitrogens with zero attached hydrogens (tertiary/aromatic N) is 3. The Morgan fingerprint density at radius 1 is 1.33 bits per heavy atom. The fraction of sp³-hybridized carbons (Fsp3) is 0.474. The molecule has 2 aliphatic rings. The van der Waals surface area contributed by atoms with Crippen LogP contribution >= 0.6 is 11.3 Å². The second kappa shape index (κ2) is 7.31. The molecule has 30 heavy (non-hydrogen) atoms. The summed E-state index contributed by atoms with van der Waals surface area (Å²) in [6, 6.07) is 1.91. The first-order valence-corrected chi connectivity index (χ1v) is 12.3. The highest BCUT2D eigenvalue weighted by molar-refractivity contribution is 7.92. The number of nitrogens with one attached hydrogen (secondary N) is 2. The number of carbonyl (C=O) groups is 2. The first-order chi connectivity index (χ1) is 14.0. The summed E-state index contributed by atoms with van der Waals surface area (Å²) in [6.07, 6.45) is 3.24. The predicted octanol–water partition coefficient (Wildman–Crippen LogP) is 2.60. The first-order valence-electron chi connectivity index (χ1n) is 9.61. The van der Waals surface area contributed by atoms with Crippen molar-refractivity contribution in [1.82, 2.24) is 14.9 Å². The van der Waals surface area contributed by atoms with E-state index in [2.05, 4.69) is 20.0 Å². The van der Waals surface area contributed by atoms with Crippen molar-refractivity contribution >= 4 is 44.1 Å². The molecule has 0 spiro atoms. The SMILES string of the molecule is CC(=O)Nc1nc(C)c(-c2cc3c(c(NS(C)(=O)=O)n2)C(=O)N([C@H](C)C2CC2)C3)s1. The number of amides is 2. The Labute approximate surface area is 179 Å². The van der Waals surface area contributed by atoms with Crippen molar-refractivity contribution in [3.8, 4) is 10.6 Å². The summed E-state index contributed by atoms with van der Waals surface area (Å²) in [4.78, 5) is 35.8. The van der Waals surface area contributed by atoms with Gasteiger partial charge in [0.25, 0.3) is 5.91 Å². The molecule has 11 heteroatoms. The molecule has 4 rings (SSSR count). The van der Waals surface area contributed by atoms with Crippen molar-refractivity contribution in [3.05, 3.63) is 22.9 Å². The van der Waals surface area contributed by atoms with E-state index in [1.807, 2.05) is 13.0 Å². The van der Waals surface area contributed by atoms with Crippen molar-refractivity contribution in [2.75, 3.05) is 16.3 Å². The molecule has 3 heterocycles. The summed E-state index contributed by atoms with van der Waals surface area (Å²) in [5.41, 5.74) is 2.22. The molecule has 0 bridgehead atoms. The molecule has 0 unspecified atom stereocenters. The van der Waals surface area contributed by atoms with Gasteiger partial charge in [-0.1, -0.05) is 11.3 Å². The largest absolute Gasteiger partial charge is 0.331 e. The maximum absolute atomic E-state index is 13.1. The molecule has 2 N–H and O–H groups in total. The topological polar surface area (TPSA) is 121 Å². The van der Waals surface area contributed by atoms with E-state index in [1.165, 1.54) is 18.3 Å². The van der Waals surface area contributed by atoms with Gasteiger partial charge in [0.05, 0.1) is 28.1 Å². The van der Waals surface area contributed by atoms with E-state index in [0.29, 0.717) is 39.4 Å². The summed E-state index contributed by atoms with van der Waals surface area (Å²) < 4.78 is 26.3. The van der Waals surface area contributed by atoms with Crippen LogP contribution < -0.4 is 10.0 Å². The van der Waals surface area contributed by atoms with Crippen molar-refractivity contribution in [1.29, 1.82) is 0 Å². The maximum Gasteiger partial charge on any atom is 0.258 e. The Bertz CT molecular complexity index is 1150. The summed E-state index contributed by atoms with van der Waals surface area (Å²) in [7, 11) is -3.64. The van der Waals surface area contributed by atoms with E-state index in [4.69, 9.17) is 0 Å². The molecular weight excluding hydrogens is 426 g/mol. The highest BCUT2D eigenvalue weighted by Crippen LogP contribution is 2.41. The smallest absolute Gasteiger partial charge is 0.258 e. The Hall–Kier alpha value is -2.53. The molecule has 1 aliphatic heterocycles. The summed E-state index contributed by atoms with van der Waals surface area (Å²) in [5.74, 6) is 0.0989. The van der Waals surface area contributed by atoms with Crippen LogP contribution in [0.5, 0.6) is 0 Å². The number of aromatic nitrogens is 2. The van der Waals surface area contributed by atoms with Crippen LogP contribution in [-0.4, -0.2) is 47.4 Å². The number of anilines is 2. The Morgan fingerprint density at radius 3 is 2.63 bits per heavy atom. The number of thiazole rings is 1. The molecule has 2 aromatic heterocycles. The zero-order chi connectivity index (χ0) is 21.8. The Kier molecular flexibility index (Phi) is 5.05. The number of aryl methyl sites for hydroxylation is 1. The number of fused-ring (bicyclic) bond motifs is 1. The fourth-order valence-corrected chi connectivity index (χ4v) is 5.20. The number of carbonyl (C=O) groups excluding carboxylic acids is 2. The quantitative estimate of drug-likeness (QED) is 0.699. The van der Waals surface area contributed by atoms with E-state index in [-0.39, 0.29) is 23.7 Å². The fourth-order valence-electron chi connectivity index (χ4n) is 3.73. The zero-order valence-electron chi connectivity index (χ0n) is 17.1. The third-order valence-corrected chi connectivity index (χ3v) is 6.97. The lowest BCUT2D eigenvalue weighted by Crippen LogP contribution is -2.35. The van der Waals surface area contributed by atoms with Crippen LogP contribution in [0.4, 0.5) is 10.9 Å². The average molecular weight is 450 g/mol. The third kappa shape index (κ3) is 4.04. The number of hydrogen-bond donors (Lipinski definition) is 2. The molecule has 0 aromatic carbocycles. The predicted molar refractivity (Wildman–Crippen MR) is 115 cm³/mol. The molecule has 1 saturated carbocycles. The highest BCUT2D eigenvalue weighted by atomic mass is 32.2. The second-order valence-electron chi connectivity index (χ2n) is 7.89. The van der Waals surface area contributed by atoms with Crippen LogP contribution in [0.25, 0.3) is 10.6 Å². The van der Waals surface area contributed by atoms with Gasteiger partial charge in [-0.15, -0.1) is 0 Å². The zero-order valence-corrected chi connectivity index (χ0v) is 18.8. The summed E-state index contributed by atoms with van der Waals surface area (Å²) in [6.45, 7) is 5.64. The molecule has 1 fully saturated rings. The van der Waals surface area contributed by atoms with Gasteiger partial charge in [0.1, 0.15) is 0 Å². The monoisotopic (exact) mass is 449 g/mol. The van der Waals surface area contributed by atoms with E-state index in [0.717, 1.165) is 24.7 Å². The van der Waals surface area contributed by atoms with Gasteiger partial charge in [-0.25, -0.2) is 18.4 Å². The van der Waals surface area contributed by atoms with Gasteiger partial charge in [-0.05, 0) is 44.2 Å². The van der Waals surface area contributed by atoms with Crippen LogP contribution in [0.3, 0.4) is 0 Å². The first kappa shape index (κ1) is 20.7. The van der Waals surface area contributed by atoms with Gasteiger partial charge in [0.2, 0.25) is 15.9 Å².